The van der Waals surface area contributed by atoms with E-state index in [1.165, 1.54) is 5.56 Å². The first-order valence-corrected chi connectivity index (χ1v) is 6.26. The lowest BCUT2D eigenvalue weighted by molar-refractivity contribution is 0.738. The van der Waals surface area contributed by atoms with Crippen LogP contribution in [-0.4, -0.2) is 4.57 Å². The lowest BCUT2D eigenvalue weighted by Gasteiger charge is -2.12. The third kappa shape index (κ3) is 2.16. The summed E-state index contributed by atoms with van der Waals surface area (Å²) in [6.07, 6.45) is 1.02. The number of rotatable bonds is 3. The first-order valence-electron chi connectivity index (χ1n) is 6.26. The van der Waals surface area contributed by atoms with Crippen molar-refractivity contribution in [3.8, 4) is 11.3 Å². The van der Waals surface area contributed by atoms with Crippen molar-refractivity contribution in [2.45, 2.75) is 26.8 Å². The van der Waals surface area contributed by atoms with Crippen molar-refractivity contribution in [2.75, 3.05) is 5.73 Å². The third-order valence-electron chi connectivity index (χ3n) is 3.18. The molecule has 0 unspecified atom stereocenters. The van der Waals surface area contributed by atoms with Gasteiger partial charge < -0.3 is 10.3 Å². The molecule has 0 aliphatic heterocycles. The second-order valence-corrected chi connectivity index (χ2v) is 4.27. The van der Waals surface area contributed by atoms with Gasteiger partial charge in [0.1, 0.15) is 0 Å². The Kier molecular flexibility index (Phi) is 3.51. The van der Waals surface area contributed by atoms with E-state index in [-0.39, 0.29) is 5.56 Å². The highest BCUT2D eigenvalue weighted by molar-refractivity contribution is 5.61. The molecule has 94 valence electrons. The Hall–Kier alpha value is -2.03. The van der Waals surface area contributed by atoms with Crippen molar-refractivity contribution in [3.63, 3.8) is 0 Å². The summed E-state index contributed by atoms with van der Waals surface area (Å²) in [7, 11) is 0. The topological polar surface area (TPSA) is 48.0 Å². The van der Waals surface area contributed by atoms with Crippen LogP contribution < -0.4 is 11.3 Å². The van der Waals surface area contributed by atoms with E-state index in [4.69, 9.17) is 5.73 Å². The number of hydrogen-bond donors (Lipinski definition) is 1. The van der Waals surface area contributed by atoms with Crippen molar-refractivity contribution in [1.82, 2.24) is 4.57 Å². The van der Waals surface area contributed by atoms with E-state index in [2.05, 4.69) is 31.2 Å². The lowest BCUT2D eigenvalue weighted by atomic mass is 10.1. The van der Waals surface area contributed by atoms with Crippen LogP contribution >= 0.6 is 0 Å². The van der Waals surface area contributed by atoms with Gasteiger partial charge in [-0.15, -0.1) is 0 Å². The van der Waals surface area contributed by atoms with E-state index in [0.717, 1.165) is 17.7 Å². The number of nitrogens with two attached hydrogens (primary N) is 1. The lowest BCUT2D eigenvalue weighted by Crippen LogP contribution is -2.23. The highest BCUT2D eigenvalue weighted by Gasteiger charge is 2.07. The molecule has 18 heavy (non-hydrogen) atoms. The fourth-order valence-electron chi connectivity index (χ4n) is 2.07. The monoisotopic (exact) mass is 242 g/mol. The number of aryl methyl sites for hydroxylation is 1. The van der Waals surface area contributed by atoms with Crippen LogP contribution in [0, 0.1) is 0 Å². The molecule has 0 atom stereocenters. The summed E-state index contributed by atoms with van der Waals surface area (Å²) in [4.78, 5) is 12.0. The SMILES string of the molecule is CCc1ccc(-c2ccc(N)c(=O)n2CC)cc1. The Labute approximate surface area is 107 Å². The largest absolute Gasteiger partial charge is 0.394 e. The van der Waals surface area contributed by atoms with Gasteiger partial charge >= 0.3 is 0 Å². The van der Waals surface area contributed by atoms with Crippen LogP contribution in [0.3, 0.4) is 0 Å². The van der Waals surface area contributed by atoms with Gasteiger partial charge in [0.25, 0.3) is 5.56 Å². The van der Waals surface area contributed by atoms with Crippen molar-refractivity contribution in [3.05, 3.63) is 52.3 Å². The molecular weight excluding hydrogens is 224 g/mol. The number of benzene rings is 1. The summed E-state index contributed by atoms with van der Waals surface area (Å²) < 4.78 is 1.70. The van der Waals surface area contributed by atoms with Gasteiger partial charge in [0.05, 0.1) is 11.4 Å². The highest BCUT2D eigenvalue weighted by Crippen LogP contribution is 2.19. The van der Waals surface area contributed by atoms with Crippen LogP contribution in [0.25, 0.3) is 11.3 Å². The van der Waals surface area contributed by atoms with Crippen LogP contribution in [0.15, 0.2) is 41.2 Å². The number of nitrogens with zero attached hydrogens (tertiary/aromatic N) is 1. The summed E-state index contributed by atoms with van der Waals surface area (Å²) in [6, 6.07) is 11.9. The fourth-order valence-corrected chi connectivity index (χ4v) is 2.07. The van der Waals surface area contributed by atoms with Gasteiger partial charge in [0.15, 0.2) is 0 Å². The Morgan fingerprint density at radius 2 is 1.72 bits per heavy atom. The average molecular weight is 242 g/mol. The van der Waals surface area contributed by atoms with Gasteiger partial charge in [-0.05, 0) is 36.6 Å². The van der Waals surface area contributed by atoms with Crippen LogP contribution in [0.2, 0.25) is 0 Å². The van der Waals surface area contributed by atoms with Gasteiger partial charge in [-0.3, -0.25) is 4.79 Å². The minimum absolute atomic E-state index is 0.116. The molecular formula is C15H18N2O. The normalized spacial score (nSPS) is 10.6. The minimum atomic E-state index is -0.116. The first kappa shape index (κ1) is 12.4. The summed E-state index contributed by atoms with van der Waals surface area (Å²) in [5.41, 5.74) is 9.09. The Morgan fingerprint density at radius 1 is 1.06 bits per heavy atom. The summed E-state index contributed by atoms with van der Waals surface area (Å²) in [6.45, 7) is 4.69. The molecule has 0 saturated carbocycles. The molecule has 0 aliphatic carbocycles. The summed E-state index contributed by atoms with van der Waals surface area (Å²) >= 11 is 0. The first-order chi connectivity index (χ1) is 8.67. The molecule has 0 aliphatic rings. The van der Waals surface area contributed by atoms with E-state index in [1.54, 1.807) is 10.6 Å². The number of nitrogen functional groups attached to an aromatic ring is 1. The van der Waals surface area contributed by atoms with Gasteiger partial charge in [0, 0.05) is 6.54 Å². The minimum Gasteiger partial charge on any atom is -0.394 e. The third-order valence-corrected chi connectivity index (χ3v) is 3.18. The van der Waals surface area contributed by atoms with Crippen molar-refractivity contribution >= 4 is 5.69 Å². The van der Waals surface area contributed by atoms with Gasteiger partial charge in [-0.1, -0.05) is 31.2 Å². The van der Waals surface area contributed by atoms with Crippen molar-refractivity contribution < 1.29 is 0 Å². The van der Waals surface area contributed by atoms with Crippen LogP contribution in [0.1, 0.15) is 19.4 Å². The number of hydrogen-bond acceptors (Lipinski definition) is 2. The van der Waals surface area contributed by atoms with Crippen molar-refractivity contribution in [1.29, 1.82) is 0 Å². The maximum Gasteiger partial charge on any atom is 0.274 e. The molecule has 1 aromatic carbocycles. The predicted molar refractivity (Wildman–Crippen MR) is 75.6 cm³/mol. The summed E-state index contributed by atoms with van der Waals surface area (Å²) in [5.74, 6) is 0. The van der Waals surface area contributed by atoms with E-state index >= 15 is 0 Å². The van der Waals surface area contributed by atoms with E-state index in [0.29, 0.717) is 12.2 Å². The van der Waals surface area contributed by atoms with E-state index < -0.39 is 0 Å². The smallest absolute Gasteiger partial charge is 0.274 e. The predicted octanol–water partition coefficient (Wildman–Crippen LogP) is 2.68. The van der Waals surface area contributed by atoms with Crippen LogP contribution in [-0.2, 0) is 13.0 Å². The number of pyridine rings is 1. The fraction of sp³-hybridized carbons (Fsp3) is 0.267. The molecule has 3 heteroatoms. The Bertz CT molecular complexity index is 597. The quantitative estimate of drug-likeness (QED) is 0.899. The molecule has 3 nitrogen and oxygen atoms in total. The van der Waals surface area contributed by atoms with E-state index in [1.807, 2.05) is 13.0 Å². The zero-order chi connectivity index (χ0) is 13.1. The molecule has 0 bridgehead atoms. The maximum absolute atomic E-state index is 12.0. The second-order valence-electron chi connectivity index (χ2n) is 4.27. The molecule has 0 saturated heterocycles. The molecule has 2 rings (SSSR count). The molecule has 0 fully saturated rings. The van der Waals surface area contributed by atoms with Gasteiger partial charge in [0.2, 0.25) is 0 Å². The maximum atomic E-state index is 12.0. The van der Waals surface area contributed by atoms with E-state index in [9.17, 15) is 4.79 Å². The van der Waals surface area contributed by atoms with Crippen LogP contribution in [0.4, 0.5) is 5.69 Å². The molecule has 0 amide bonds. The van der Waals surface area contributed by atoms with Gasteiger partial charge in [-0.2, -0.15) is 0 Å². The van der Waals surface area contributed by atoms with Crippen LogP contribution in [0.5, 0.6) is 0 Å². The summed E-state index contributed by atoms with van der Waals surface area (Å²) in [5, 5.41) is 0. The molecule has 1 aromatic heterocycles. The van der Waals surface area contributed by atoms with Gasteiger partial charge in [-0.25, -0.2) is 0 Å². The molecule has 0 radical (unpaired) electrons. The molecule has 2 N–H and O–H groups in total. The Balaban J connectivity index is 2.56. The second kappa shape index (κ2) is 5.08. The highest BCUT2D eigenvalue weighted by atomic mass is 16.1. The average Bonchev–Trinajstić information content (AvgIpc) is 2.42. The zero-order valence-electron chi connectivity index (χ0n) is 10.8. The standard InChI is InChI=1S/C15H18N2O/c1-3-11-5-7-12(8-6-11)14-10-9-13(16)15(18)17(14)4-2/h5-10H,3-4,16H2,1-2H3. The molecule has 0 spiro atoms. The molecule has 1 heterocycles. The number of aromatic nitrogens is 1. The van der Waals surface area contributed by atoms with Crippen molar-refractivity contribution in [2.24, 2.45) is 0 Å². The molecule has 2 aromatic rings. The Morgan fingerprint density at radius 3 is 2.28 bits per heavy atom. The zero-order valence-corrected chi connectivity index (χ0v) is 10.8. The number of anilines is 1.